The summed E-state index contributed by atoms with van der Waals surface area (Å²) < 4.78 is 13.7. The van der Waals surface area contributed by atoms with E-state index in [9.17, 15) is 14.0 Å². The quantitative estimate of drug-likeness (QED) is 0.539. The zero-order valence-electron chi connectivity index (χ0n) is 20.3. The maximum atomic E-state index is 13.7. The number of nitrogens with zero attached hydrogens (tertiary/aromatic N) is 6. The number of aromatic nitrogens is 4. The molecule has 10 heteroatoms. The normalized spacial score (nSPS) is 20.0. The number of hydrogen-bond acceptors (Lipinski definition) is 7. The van der Waals surface area contributed by atoms with Crippen molar-refractivity contribution in [1.82, 2.24) is 24.8 Å². The van der Waals surface area contributed by atoms with Crippen molar-refractivity contribution in [2.24, 2.45) is 0 Å². The first-order valence-electron chi connectivity index (χ1n) is 12.2. The van der Waals surface area contributed by atoms with Gasteiger partial charge in [0.15, 0.2) is 0 Å². The molecule has 186 valence electrons. The van der Waals surface area contributed by atoms with E-state index in [4.69, 9.17) is 9.97 Å². The Hall–Kier alpha value is -3.95. The molecule has 3 aromatic heterocycles. The lowest BCUT2D eigenvalue weighted by molar-refractivity contribution is -0.132. The van der Waals surface area contributed by atoms with Gasteiger partial charge in [0.05, 0.1) is 17.6 Å². The van der Waals surface area contributed by atoms with Gasteiger partial charge in [0.1, 0.15) is 11.6 Å². The third-order valence-corrected chi connectivity index (χ3v) is 6.80. The van der Waals surface area contributed by atoms with Crippen LogP contribution in [0.15, 0.2) is 42.9 Å². The minimum Gasteiger partial charge on any atom is -0.340 e. The van der Waals surface area contributed by atoms with Crippen LogP contribution >= 0.6 is 0 Å². The summed E-state index contributed by atoms with van der Waals surface area (Å²) in [5, 5.41) is 3.16. The lowest BCUT2D eigenvalue weighted by atomic mass is 9.92. The fourth-order valence-corrected chi connectivity index (χ4v) is 4.88. The molecule has 0 spiro atoms. The fraction of sp³-hybridized carbons (Fsp3) is 0.385. The van der Waals surface area contributed by atoms with Crippen molar-refractivity contribution in [2.75, 3.05) is 23.3 Å². The second kappa shape index (κ2) is 9.96. The summed E-state index contributed by atoms with van der Waals surface area (Å²) in [6.45, 7) is 4.83. The largest absolute Gasteiger partial charge is 0.340 e. The molecule has 0 aromatic carbocycles. The van der Waals surface area contributed by atoms with Gasteiger partial charge in [-0.1, -0.05) is 0 Å². The van der Waals surface area contributed by atoms with Crippen LogP contribution in [-0.2, 0) is 9.59 Å². The highest BCUT2D eigenvalue weighted by Crippen LogP contribution is 2.32. The molecule has 9 nitrogen and oxygen atoms in total. The number of carbonyl (C=O) groups is 2. The van der Waals surface area contributed by atoms with Crippen LogP contribution in [0.3, 0.4) is 0 Å². The molecule has 36 heavy (non-hydrogen) atoms. The molecule has 0 bridgehead atoms. The number of piperidine rings is 1. The molecule has 2 amide bonds. The van der Waals surface area contributed by atoms with E-state index in [1.54, 1.807) is 36.4 Å². The summed E-state index contributed by atoms with van der Waals surface area (Å²) >= 11 is 0. The van der Waals surface area contributed by atoms with Crippen molar-refractivity contribution < 1.29 is 14.0 Å². The van der Waals surface area contributed by atoms with Crippen molar-refractivity contribution in [3.05, 3.63) is 54.6 Å². The van der Waals surface area contributed by atoms with Gasteiger partial charge in [0, 0.05) is 74.2 Å². The van der Waals surface area contributed by atoms with Gasteiger partial charge < -0.3 is 15.1 Å². The molecule has 5 heterocycles. The van der Waals surface area contributed by atoms with Crippen molar-refractivity contribution in [3.8, 4) is 11.3 Å². The minimum atomic E-state index is -0.597. The number of carbonyl (C=O) groups excluding carboxylic acids is 2. The average molecular weight is 490 g/mol. The molecule has 2 aliphatic heterocycles. The Balaban J connectivity index is 1.53. The Labute approximate surface area is 208 Å². The van der Waals surface area contributed by atoms with Gasteiger partial charge in [-0.2, -0.15) is 4.39 Å². The number of nitrogens with one attached hydrogen (secondary N) is 1. The van der Waals surface area contributed by atoms with Gasteiger partial charge in [-0.3, -0.25) is 14.6 Å². The van der Waals surface area contributed by atoms with Crippen LogP contribution < -0.4 is 10.2 Å². The molecule has 3 aromatic rings. The van der Waals surface area contributed by atoms with E-state index in [1.165, 1.54) is 12.3 Å². The van der Waals surface area contributed by atoms with Crippen LogP contribution in [0.1, 0.15) is 51.3 Å². The van der Waals surface area contributed by atoms with E-state index in [0.29, 0.717) is 42.5 Å². The minimum absolute atomic E-state index is 0.0288. The molecule has 0 unspecified atom stereocenters. The molecule has 2 fully saturated rings. The van der Waals surface area contributed by atoms with Crippen LogP contribution in [0.2, 0.25) is 0 Å². The SMILES string of the molecule is CC(=O)N1C[C@H](c2nc(Nc3ccnc(F)c3)cc(-c3cncc(N4CCCC4=O)c3)n2)CC[C@@H]1C. The van der Waals surface area contributed by atoms with Gasteiger partial charge in [-0.25, -0.2) is 15.0 Å². The van der Waals surface area contributed by atoms with Crippen LogP contribution in [0.4, 0.5) is 21.6 Å². The average Bonchev–Trinajstić information content (AvgIpc) is 3.30. The van der Waals surface area contributed by atoms with Crippen molar-refractivity contribution >= 4 is 29.0 Å². The van der Waals surface area contributed by atoms with E-state index in [0.717, 1.165) is 30.5 Å². The Bertz CT molecular complexity index is 1300. The first kappa shape index (κ1) is 23.8. The van der Waals surface area contributed by atoms with Gasteiger partial charge in [0.2, 0.25) is 17.8 Å². The summed E-state index contributed by atoms with van der Waals surface area (Å²) in [5.41, 5.74) is 2.61. The van der Waals surface area contributed by atoms with E-state index >= 15 is 0 Å². The molecular formula is C26H28FN7O2. The first-order valence-corrected chi connectivity index (χ1v) is 12.2. The number of anilines is 3. The predicted molar refractivity (Wildman–Crippen MR) is 133 cm³/mol. The van der Waals surface area contributed by atoms with Gasteiger partial charge in [-0.15, -0.1) is 0 Å². The van der Waals surface area contributed by atoms with Gasteiger partial charge >= 0.3 is 0 Å². The highest BCUT2D eigenvalue weighted by Gasteiger charge is 2.30. The smallest absolute Gasteiger partial charge is 0.227 e. The summed E-state index contributed by atoms with van der Waals surface area (Å²) in [6.07, 6.45) is 7.82. The van der Waals surface area contributed by atoms with Crippen LogP contribution in [-0.4, -0.2) is 55.8 Å². The predicted octanol–water partition coefficient (Wildman–Crippen LogP) is 4.06. The summed E-state index contributed by atoms with van der Waals surface area (Å²) in [5.74, 6) is 0.568. The molecular weight excluding hydrogens is 461 g/mol. The summed E-state index contributed by atoms with van der Waals surface area (Å²) in [4.78, 5) is 45.7. The van der Waals surface area contributed by atoms with Crippen LogP contribution in [0.5, 0.6) is 0 Å². The number of halogens is 1. The first-order chi connectivity index (χ1) is 17.4. The monoisotopic (exact) mass is 489 g/mol. The third-order valence-electron chi connectivity index (χ3n) is 6.80. The fourth-order valence-electron chi connectivity index (χ4n) is 4.88. The van der Waals surface area contributed by atoms with Crippen molar-refractivity contribution in [1.29, 1.82) is 0 Å². The molecule has 2 saturated heterocycles. The molecule has 0 aliphatic carbocycles. The summed E-state index contributed by atoms with van der Waals surface area (Å²) in [6, 6.07) is 6.80. The van der Waals surface area contributed by atoms with E-state index in [1.807, 2.05) is 11.0 Å². The third kappa shape index (κ3) is 5.02. The number of amides is 2. The van der Waals surface area contributed by atoms with Crippen LogP contribution in [0, 0.1) is 5.95 Å². The maximum Gasteiger partial charge on any atom is 0.227 e. The zero-order chi connectivity index (χ0) is 25.2. The standard InChI is InChI=1S/C26H28FN7O2/c1-16-5-6-18(15-34(16)17(2)35)26-31-22(12-24(32-26)30-20-7-8-29-23(27)11-20)19-10-21(14-28-13-19)33-9-3-4-25(33)36/h7-8,10-14,16,18H,3-6,9,15H2,1-2H3,(H,29,30,31,32)/t16-,18+/m0/s1. The van der Waals surface area contributed by atoms with Crippen molar-refractivity contribution in [3.63, 3.8) is 0 Å². The number of pyridine rings is 2. The Morgan fingerprint density at radius 1 is 1.17 bits per heavy atom. The van der Waals surface area contributed by atoms with E-state index in [-0.39, 0.29) is 23.8 Å². The van der Waals surface area contributed by atoms with E-state index in [2.05, 4.69) is 22.2 Å². The number of likely N-dealkylation sites (tertiary alicyclic amines) is 1. The van der Waals surface area contributed by atoms with Gasteiger partial charge in [-0.05, 0) is 38.3 Å². The molecule has 0 radical (unpaired) electrons. The molecule has 5 rings (SSSR count). The molecule has 1 N–H and O–H groups in total. The topological polar surface area (TPSA) is 104 Å². The Morgan fingerprint density at radius 3 is 2.78 bits per heavy atom. The Morgan fingerprint density at radius 2 is 2.03 bits per heavy atom. The maximum absolute atomic E-state index is 13.7. The van der Waals surface area contributed by atoms with Gasteiger partial charge in [0.25, 0.3) is 0 Å². The molecule has 2 aliphatic rings. The lowest BCUT2D eigenvalue weighted by Crippen LogP contribution is -2.44. The van der Waals surface area contributed by atoms with Crippen molar-refractivity contribution in [2.45, 2.75) is 51.5 Å². The second-order valence-electron chi connectivity index (χ2n) is 9.36. The lowest BCUT2D eigenvalue weighted by Gasteiger charge is -2.37. The highest BCUT2D eigenvalue weighted by molar-refractivity contribution is 5.95. The Kier molecular flexibility index (Phi) is 6.58. The van der Waals surface area contributed by atoms with Crippen LogP contribution in [0.25, 0.3) is 11.3 Å². The summed E-state index contributed by atoms with van der Waals surface area (Å²) in [7, 11) is 0. The number of rotatable bonds is 5. The molecule has 0 saturated carbocycles. The zero-order valence-corrected chi connectivity index (χ0v) is 20.3. The second-order valence-corrected chi connectivity index (χ2v) is 9.36. The highest BCUT2D eigenvalue weighted by atomic mass is 19.1. The molecule has 2 atom stereocenters. The van der Waals surface area contributed by atoms with E-state index < -0.39 is 5.95 Å². The number of hydrogen-bond donors (Lipinski definition) is 1.